The molecule has 17 heavy (non-hydrogen) atoms. The molecule has 0 saturated carbocycles. The Bertz CT molecular complexity index is 393. The van der Waals surface area contributed by atoms with Gasteiger partial charge < -0.3 is 15.1 Å². The van der Waals surface area contributed by atoms with Gasteiger partial charge in [-0.15, -0.1) is 0 Å². The first-order chi connectivity index (χ1) is 8.22. The topological polar surface area (TPSA) is 80.5 Å². The van der Waals surface area contributed by atoms with Gasteiger partial charge in [-0.3, -0.25) is 4.79 Å². The van der Waals surface area contributed by atoms with E-state index in [0.29, 0.717) is 31.1 Å². The van der Waals surface area contributed by atoms with Crippen molar-refractivity contribution in [3.8, 4) is 0 Å². The molecule has 1 aromatic heterocycles. The van der Waals surface area contributed by atoms with Crippen molar-refractivity contribution in [3.05, 3.63) is 23.9 Å². The lowest BCUT2D eigenvalue weighted by atomic mass is 10.2. The molecule has 0 aliphatic carbocycles. The van der Waals surface area contributed by atoms with Crippen LogP contribution in [0.1, 0.15) is 17.3 Å². The molecule has 0 radical (unpaired) electrons. The van der Waals surface area contributed by atoms with E-state index < -0.39 is 0 Å². The van der Waals surface area contributed by atoms with Crippen molar-refractivity contribution >= 4 is 11.7 Å². The second-order valence-corrected chi connectivity index (χ2v) is 4.00. The zero-order chi connectivity index (χ0) is 12.3. The molecule has 1 fully saturated rings. The summed E-state index contributed by atoms with van der Waals surface area (Å²) in [6.07, 6.45) is 1.53. The van der Waals surface area contributed by atoms with Crippen LogP contribution < -0.4 is 11.3 Å². The number of morpholine rings is 1. The molecule has 1 aliphatic rings. The van der Waals surface area contributed by atoms with E-state index in [0.717, 1.165) is 0 Å². The summed E-state index contributed by atoms with van der Waals surface area (Å²) in [7, 11) is 0. The molecule has 1 amide bonds. The molecular weight excluding hydrogens is 220 g/mol. The quantitative estimate of drug-likeness (QED) is 0.567. The maximum absolute atomic E-state index is 12.2. The molecule has 0 spiro atoms. The number of hydrogen-bond donors (Lipinski definition) is 2. The largest absolute Gasteiger partial charge is 0.377 e. The van der Waals surface area contributed by atoms with Gasteiger partial charge in [0.2, 0.25) is 0 Å². The Morgan fingerprint density at radius 3 is 3.06 bits per heavy atom. The summed E-state index contributed by atoms with van der Waals surface area (Å²) in [6.45, 7) is 3.77. The summed E-state index contributed by atoms with van der Waals surface area (Å²) in [5.74, 6) is 5.74. The molecular formula is C11H16N4O2. The number of hydrazine groups is 1. The highest BCUT2D eigenvalue weighted by atomic mass is 16.5. The average molecular weight is 236 g/mol. The number of anilines is 1. The molecule has 1 aromatic rings. The summed E-state index contributed by atoms with van der Waals surface area (Å²) in [6, 6.07) is 3.49. The SMILES string of the molecule is CC1COCCN1C(=O)c1ccc(NN)nc1. The van der Waals surface area contributed by atoms with Gasteiger partial charge in [-0.05, 0) is 19.1 Å². The van der Waals surface area contributed by atoms with Crippen LogP contribution >= 0.6 is 0 Å². The lowest BCUT2D eigenvalue weighted by Crippen LogP contribution is -2.47. The van der Waals surface area contributed by atoms with E-state index in [1.54, 1.807) is 17.0 Å². The van der Waals surface area contributed by atoms with Crippen LogP contribution in [0.25, 0.3) is 0 Å². The normalized spacial score (nSPS) is 20.1. The Hall–Kier alpha value is -1.66. The first-order valence-electron chi connectivity index (χ1n) is 5.53. The molecule has 1 saturated heterocycles. The van der Waals surface area contributed by atoms with E-state index in [1.807, 2.05) is 6.92 Å². The second kappa shape index (κ2) is 5.11. The Kier molecular flexibility index (Phi) is 3.55. The number of rotatable bonds is 2. The summed E-state index contributed by atoms with van der Waals surface area (Å²) in [5.41, 5.74) is 2.99. The van der Waals surface area contributed by atoms with Gasteiger partial charge in [-0.1, -0.05) is 0 Å². The molecule has 1 aliphatic heterocycles. The minimum atomic E-state index is -0.0168. The number of amides is 1. The molecule has 3 N–H and O–H groups in total. The maximum atomic E-state index is 12.2. The second-order valence-electron chi connectivity index (χ2n) is 4.00. The van der Waals surface area contributed by atoms with Gasteiger partial charge in [0, 0.05) is 12.7 Å². The zero-order valence-electron chi connectivity index (χ0n) is 9.72. The number of ether oxygens (including phenoxy) is 1. The third-order valence-electron chi connectivity index (χ3n) is 2.79. The van der Waals surface area contributed by atoms with Crippen molar-refractivity contribution in [2.75, 3.05) is 25.2 Å². The van der Waals surface area contributed by atoms with Crippen LogP contribution in [-0.4, -0.2) is 41.6 Å². The Morgan fingerprint density at radius 2 is 2.47 bits per heavy atom. The molecule has 0 bridgehead atoms. The molecule has 92 valence electrons. The van der Waals surface area contributed by atoms with Crippen molar-refractivity contribution in [2.45, 2.75) is 13.0 Å². The van der Waals surface area contributed by atoms with Crippen molar-refractivity contribution < 1.29 is 9.53 Å². The standard InChI is InChI=1S/C11H16N4O2/c1-8-7-17-5-4-15(8)11(16)9-2-3-10(14-12)13-6-9/h2-3,6,8H,4-5,7,12H2,1H3,(H,13,14). The van der Waals surface area contributed by atoms with Gasteiger partial charge in [0.15, 0.2) is 0 Å². The smallest absolute Gasteiger partial charge is 0.255 e. The van der Waals surface area contributed by atoms with Crippen LogP contribution in [0, 0.1) is 0 Å². The summed E-state index contributed by atoms with van der Waals surface area (Å²) >= 11 is 0. The fourth-order valence-corrected chi connectivity index (χ4v) is 1.80. The van der Waals surface area contributed by atoms with Gasteiger partial charge >= 0.3 is 0 Å². The van der Waals surface area contributed by atoms with E-state index in [9.17, 15) is 4.79 Å². The first-order valence-corrected chi connectivity index (χ1v) is 5.53. The molecule has 1 atom stereocenters. The van der Waals surface area contributed by atoms with Gasteiger partial charge in [0.25, 0.3) is 5.91 Å². The van der Waals surface area contributed by atoms with E-state index in [1.165, 1.54) is 6.20 Å². The molecule has 1 unspecified atom stereocenters. The molecule has 6 heteroatoms. The average Bonchev–Trinajstić information content (AvgIpc) is 2.39. The fourth-order valence-electron chi connectivity index (χ4n) is 1.80. The lowest BCUT2D eigenvalue weighted by Gasteiger charge is -2.33. The monoisotopic (exact) mass is 236 g/mol. The summed E-state index contributed by atoms with van der Waals surface area (Å²) in [5, 5.41) is 0. The maximum Gasteiger partial charge on any atom is 0.255 e. The number of nitrogen functional groups attached to an aromatic ring is 1. The number of carbonyl (C=O) groups excluding carboxylic acids is 1. The molecule has 6 nitrogen and oxygen atoms in total. The third-order valence-corrected chi connectivity index (χ3v) is 2.79. The van der Waals surface area contributed by atoms with Crippen LogP contribution in [0.2, 0.25) is 0 Å². The van der Waals surface area contributed by atoms with E-state index >= 15 is 0 Å². The van der Waals surface area contributed by atoms with Crippen LogP contribution in [0.3, 0.4) is 0 Å². The number of pyridine rings is 1. The number of carbonyl (C=O) groups is 1. The minimum absolute atomic E-state index is 0.0168. The van der Waals surface area contributed by atoms with Gasteiger partial charge in [0.1, 0.15) is 5.82 Å². The number of hydrogen-bond acceptors (Lipinski definition) is 5. The van der Waals surface area contributed by atoms with Crippen molar-refractivity contribution in [1.82, 2.24) is 9.88 Å². The van der Waals surface area contributed by atoms with Gasteiger partial charge in [0.05, 0.1) is 24.8 Å². The van der Waals surface area contributed by atoms with Crippen molar-refractivity contribution in [3.63, 3.8) is 0 Å². The van der Waals surface area contributed by atoms with E-state index in [-0.39, 0.29) is 11.9 Å². The summed E-state index contributed by atoms with van der Waals surface area (Å²) in [4.78, 5) is 18.0. The van der Waals surface area contributed by atoms with Crippen molar-refractivity contribution in [1.29, 1.82) is 0 Å². The zero-order valence-corrected chi connectivity index (χ0v) is 9.72. The highest BCUT2D eigenvalue weighted by Crippen LogP contribution is 2.12. The fraction of sp³-hybridized carbons (Fsp3) is 0.455. The van der Waals surface area contributed by atoms with Crippen LogP contribution in [0.5, 0.6) is 0 Å². The lowest BCUT2D eigenvalue weighted by molar-refractivity contribution is 0.00357. The third kappa shape index (κ3) is 2.54. The van der Waals surface area contributed by atoms with Crippen LogP contribution in [0.4, 0.5) is 5.82 Å². The van der Waals surface area contributed by atoms with Gasteiger partial charge in [-0.2, -0.15) is 0 Å². The van der Waals surface area contributed by atoms with E-state index in [2.05, 4.69) is 10.4 Å². The molecule has 2 rings (SSSR count). The number of nitrogens with two attached hydrogens (primary N) is 1. The number of nitrogens with one attached hydrogen (secondary N) is 1. The number of nitrogens with zero attached hydrogens (tertiary/aromatic N) is 2. The molecule has 0 aromatic carbocycles. The Labute approximate surface area is 99.7 Å². The number of aromatic nitrogens is 1. The van der Waals surface area contributed by atoms with Crippen LogP contribution in [-0.2, 0) is 4.74 Å². The predicted octanol–water partition coefficient (Wildman–Crippen LogP) is 0.228. The van der Waals surface area contributed by atoms with Crippen molar-refractivity contribution in [2.24, 2.45) is 5.84 Å². The first kappa shape index (κ1) is 11.8. The summed E-state index contributed by atoms with van der Waals surface area (Å²) < 4.78 is 5.30. The Balaban J connectivity index is 2.12. The minimum Gasteiger partial charge on any atom is -0.377 e. The predicted molar refractivity (Wildman–Crippen MR) is 63.4 cm³/mol. The van der Waals surface area contributed by atoms with E-state index in [4.69, 9.17) is 10.6 Å². The highest BCUT2D eigenvalue weighted by Gasteiger charge is 2.24. The van der Waals surface area contributed by atoms with Gasteiger partial charge in [-0.25, -0.2) is 10.8 Å². The highest BCUT2D eigenvalue weighted by molar-refractivity contribution is 5.94. The van der Waals surface area contributed by atoms with Crippen LogP contribution in [0.15, 0.2) is 18.3 Å². The molecule has 2 heterocycles. The Morgan fingerprint density at radius 1 is 1.65 bits per heavy atom.